The number of benzene rings is 2. The van der Waals surface area contributed by atoms with E-state index in [2.05, 4.69) is 55.7 Å². The van der Waals surface area contributed by atoms with Crippen LogP contribution in [0.5, 0.6) is 0 Å². The normalized spacial score (nSPS) is 11.8. The van der Waals surface area contributed by atoms with Crippen molar-refractivity contribution < 1.29 is 9.53 Å². The first kappa shape index (κ1) is 23.0. The van der Waals surface area contributed by atoms with Gasteiger partial charge in [-0.3, -0.25) is 0 Å². The zero-order chi connectivity index (χ0) is 22.4. The Hall–Kier alpha value is -2.70. The van der Waals surface area contributed by atoms with Crippen molar-refractivity contribution >= 4 is 39.6 Å². The molecule has 1 unspecified atom stereocenters. The molecule has 0 amide bonds. The van der Waals surface area contributed by atoms with Gasteiger partial charge in [0.1, 0.15) is 5.00 Å². The Kier molecular flexibility index (Phi) is 7.82. The summed E-state index contributed by atoms with van der Waals surface area (Å²) in [5, 5.41) is 7.76. The Morgan fingerprint density at radius 2 is 1.71 bits per heavy atom. The topological polar surface area (TPSA) is 50.4 Å². The summed E-state index contributed by atoms with van der Waals surface area (Å²) in [6.45, 7) is 6.50. The minimum Gasteiger partial charge on any atom is -0.465 e. The molecule has 0 aliphatic heterocycles. The molecule has 31 heavy (non-hydrogen) atoms. The van der Waals surface area contributed by atoms with Crippen LogP contribution in [0.1, 0.15) is 60.6 Å². The largest absolute Gasteiger partial charge is 0.465 e. The molecule has 3 aromatic rings. The average molecular weight is 453 g/mol. The van der Waals surface area contributed by atoms with E-state index in [1.807, 2.05) is 36.4 Å². The van der Waals surface area contributed by atoms with Crippen LogP contribution >= 0.6 is 23.6 Å². The van der Waals surface area contributed by atoms with Gasteiger partial charge < -0.3 is 15.4 Å². The number of nitrogens with one attached hydrogen (secondary N) is 2. The van der Waals surface area contributed by atoms with Crippen LogP contribution in [0, 0.1) is 0 Å². The second-order valence-electron chi connectivity index (χ2n) is 7.59. The molecule has 1 heterocycles. The van der Waals surface area contributed by atoms with Gasteiger partial charge in [0.2, 0.25) is 0 Å². The molecule has 1 aromatic heterocycles. The first-order valence-corrected chi connectivity index (χ1v) is 11.6. The molecule has 3 rings (SSSR count). The summed E-state index contributed by atoms with van der Waals surface area (Å²) in [7, 11) is 1.39. The van der Waals surface area contributed by atoms with E-state index in [1.165, 1.54) is 29.6 Å². The quantitative estimate of drug-likeness (QED) is 0.306. The van der Waals surface area contributed by atoms with Crippen LogP contribution in [0.15, 0.2) is 60.7 Å². The molecule has 162 valence electrons. The highest BCUT2D eigenvalue weighted by Gasteiger charge is 2.19. The third-order valence-corrected chi connectivity index (χ3v) is 6.46. The Morgan fingerprint density at radius 3 is 2.29 bits per heavy atom. The second kappa shape index (κ2) is 10.6. The lowest BCUT2D eigenvalue weighted by Gasteiger charge is -2.20. The van der Waals surface area contributed by atoms with Crippen LogP contribution < -0.4 is 10.6 Å². The molecule has 0 fully saturated rings. The molecule has 0 saturated carbocycles. The minimum atomic E-state index is -0.389. The number of carbonyl (C=O) groups excluding carboxylic acids is 1. The third kappa shape index (κ3) is 5.71. The van der Waals surface area contributed by atoms with Gasteiger partial charge in [-0.05, 0) is 47.3 Å². The summed E-state index contributed by atoms with van der Waals surface area (Å²) in [5.74, 6) is 0.110. The van der Waals surface area contributed by atoms with Gasteiger partial charge in [0.05, 0.1) is 18.7 Å². The lowest BCUT2D eigenvalue weighted by atomic mass is 9.98. The number of ether oxygens (including phenoxy) is 1. The van der Waals surface area contributed by atoms with Crippen molar-refractivity contribution in [1.29, 1.82) is 0 Å². The highest BCUT2D eigenvalue weighted by molar-refractivity contribution is 7.80. The average Bonchev–Trinajstić information content (AvgIpc) is 3.21. The number of rotatable bonds is 7. The van der Waals surface area contributed by atoms with Gasteiger partial charge in [0, 0.05) is 4.88 Å². The molecule has 0 saturated heterocycles. The molecule has 0 bridgehead atoms. The molecule has 2 N–H and O–H groups in total. The molecule has 0 aliphatic rings. The zero-order valence-corrected chi connectivity index (χ0v) is 19.9. The van der Waals surface area contributed by atoms with Gasteiger partial charge >= 0.3 is 5.97 Å². The molecular formula is C25H28N2O2S2. The standard InChI is InChI=1S/C25H28N2O2S2/c1-5-21(18-13-11-17(12-14-18)16(2)3)26-25(30)27-23-20(24(28)29-4)15-22(31-23)19-9-7-6-8-10-19/h6-16,21H,5H2,1-4H3,(H2,26,27,30). The predicted molar refractivity (Wildman–Crippen MR) is 134 cm³/mol. The van der Waals surface area contributed by atoms with E-state index in [9.17, 15) is 4.79 Å². The van der Waals surface area contributed by atoms with E-state index in [0.29, 0.717) is 21.6 Å². The Balaban J connectivity index is 1.78. The van der Waals surface area contributed by atoms with Crippen LogP contribution in [-0.4, -0.2) is 18.2 Å². The summed E-state index contributed by atoms with van der Waals surface area (Å²) in [5.41, 5.74) is 4.01. The third-order valence-electron chi connectivity index (χ3n) is 5.14. The smallest absolute Gasteiger partial charge is 0.340 e. The van der Waals surface area contributed by atoms with Crippen LogP contribution in [0.3, 0.4) is 0 Å². The summed E-state index contributed by atoms with van der Waals surface area (Å²) in [6, 6.07) is 20.5. The predicted octanol–water partition coefficient (Wildman–Crippen LogP) is 6.76. The number of anilines is 1. The van der Waals surface area contributed by atoms with Gasteiger partial charge in [0.25, 0.3) is 0 Å². The maximum atomic E-state index is 12.3. The van der Waals surface area contributed by atoms with Crippen molar-refractivity contribution in [3.63, 3.8) is 0 Å². The van der Waals surface area contributed by atoms with Crippen molar-refractivity contribution in [2.45, 2.75) is 39.2 Å². The first-order valence-electron chi connectivity index (χ1n) is 10.4. The number of thiocarbonyl (C=S) groups is 1. The number of esters is 1. The molecule has 0 spiro atoms. The lowest BCUT2D eigenvalue weighted by molar-refractivity contribution is 0.0602. The second-order valence-corrected chi connectivity index (χ2v) is 9.05. The maximum absolute atomic E-state index is 12.3. The fraction of sp³-hybridized carbons (Fsp3) is 0.280. The maximum Gasteiger partial charge on any atom is 0.340 e. The highest BCUT2D eigenvalue weighted by atomic mass is 32.1. The molecule has 4 nitrogen and oxygen atoms in total. The monoisotopic (exact) mass is 452 g/mol. The van der Waals surface area contributed by atoms with Crippen LogP contribution in [0.4, 0.5) is 5.00 Å². The van der Waals surface area contributed by atoms with Crippen LogP contribution in [-0.2, 0) is 4.74 Å². The van der Waals surface area contributed by atoms with E-state index in [4.69, 9.17) is 17.0 Å². The van der Waals surface area contributed by atoms with Gasteiger partial charge in [-0.2, -0.15) is 0 Å². The van der Waals surface area contributed by atoms with E-state index in [1.54, 1.807) is 0 Å². The van der Waals surface area contributed by atoms with Crippen LogP contribution in [0.25, 0.3) is 10.4 Å². The van der Waals surface area contributed by atoms with Crippen LogP contribution in [0.2, 0.25) is 0 Å². The highest BCUT2D eigenvalue weighted by Crippen LogP contribution is 2.36. The van der Waals surface area contributed by atoms with Crippen molar-refractivity contribution in [2.24, 2.45) is 0 Å². The Labute approximate surface area is 193 Å². The van der Waals surface area contributed by atoms with E-state index < -0.39 is 0 Å². The summed E-state index contributed by atoms with van der Waals surface area (Å²) in [6.07, 6.45) is 0.881. The minimum absolute atomic E-state index is 0.0799. The SMILES string of the molecule is CCC(NC(=S)Nc1sc(-c2ccccc2)cc1C(=O)OC)c1ccc(C(C)C)cc1. The number of methoxy groups -OCH3 is 1. The molecule has 0 radical (unpaired) electrons. The van der Waals surface area contributed by atoms with E-state index >= 15 is 0 Å². The molecule has 0 aliphatic carbocycles. The van der Waals surface area contributed by atoms with E-state index in [0.717, 1.165) is 16.9 Å². The van der Waals surface area contributed by atoms with E-state index in [-0.39, 0.29) is 12.0 Å². The van der Waals surface area contributed by atoms with Crippen molar-refractivity contribution in [1.82, 2.24) is 5.32 Å². The lowest BCUT2D eigenvalue weighted by Crippen LogP contribution is -2.32. The summed E-state index contributed by atoms with van der Waals surface area (Å²) in [4.78, 5) is 13.3. The first-order chi connectivity index (χ1) is 14.9. The number of thiophene rings is 1. The molecule has 1 atom stereocenters. The molecule has 2 aromatic carbocycles. The van der Waals surface area contributed by atoms with Gasteiger partial charge in [-0.1, -0.05) is 75.4 Å². The van der Waals surface area contributed by atoms with Crippen molar-refractivity contribution in [3.8, 4) is 10.4 Å². The number of hydrogen-bond acceptors (Lipinski definition) is 4. The molecule has 6 heteroatoms. The Morgan fingerprint density at radius 1 is 1.06 bits per heavy atom. The number of carbonyl (C=O) groups is 1. The fourth-order valence-corrected chi connectivity index (χ4v) is 4.69. The summed E-state index contributed by atoms with van der Waals surface area (Å²) >= 11 is 7.07. The fourth-order valence-electron chi connectivity index (χ4n) is 3.32. The summed E-state index contributed by atoms with van der Waals surface area (Å²) < 4.78 is 4.97. The number of hydrogen-bond donors (Lipinski definition) is 2. The zero-order valence-electron chi connectivity index (χ0n) is 18.3. The molecular weight excluding hydrogens is 424 g/mol. The van der Waals surface area contributed by atoms with Crippen molar-refractivity contribution in [2.75, 3.05) is 12.4 Å². The van der Waals surface area contributed by atoms with Gasteiger partial charge in [0.15, 0.2) is 5.11 Å². The van der Waals surface area contributed by atoms with Gasteiger partial charge in [-0.25, -0.2) is 4.79 Å². The van der Waals surface area contributed by atoms with Gasteiger partial charge in [-0.15, -0.1) is 11.3 Å². The Bertz CT molecular complexity index is 1030. The van der Waals surface area contributed by atoms with Crippen molar-refractivity contribution in [3.05, 3.63) is 77.4 Å².